The van der Waals surface area contributed by atoms with Gasteiger partial charge < -0.3 is 8.98 Å². The van der Waals surface area contributed by atoms with Gasteiger partial charge in [-0.1, -0.05) is 140 Å². The Balaban J connectivity index is 1.11. The Labute approximate surface area is 314 Å². The molecular weight excluding hydrogens is 655 g/mol. The Morgan fingerprint density at radius 3 is 1.96 bits per heavy atom. The van der Waals surface area contributed by atoms with Crippen LogP contribution in [0.4, 0.5) is 0 Å². The van der Waals surface area contributed by atoms with Gasteiger partial charge in [0.05, 0.1) is 11.0 Å². The first-order valence-electron chi connectivity index (χ1n) is 19.1. The van der Waals surface area contributed by atoms with E-state index in [2.05, 4.69) is 187 Å². The third-order valence-corrected chi connectivity index (χ3v) is 11.6. The monoisotopic (exact) mass is 691 g/mol. The molecule has 0 spiro atoms. The van der Waals surface area contributed by atoms with Gasteiger partial charge in [0.2, 0.25) is 0 Å². The van der Waals surface area contributed by atoms with Crippen molar-refractivity contribution in [2.24, 2.45) is 0 Å². The molecular formula is C52H37NO. The van der Waals surface area contributed by atoms with E-state index in [0.717, 1.165) is 41.5 Å². The summed E-state index contributed by atoms with van der Waals surface area (Å²) in [6, 6.07) is 53.2. The van der Waals surface area contributed by atoms with E-state index in [1.54, 1.807) is 0 Å². The van der Waals surface area contributed by atoms with E-state index in [9.17, 15) is 0 Å². The highest BCUT2D eigenvalue weighted by Gasteiger charge is 2.22. The van der Waals surface area contributed by atoms with Gasteiger partial charge in [0.25, 0.3) is 0 Å². The normalized spacial score (nSPS) is 15.1. The summed E-state index contributed by atoms with van der Waals surface area (Å²) < 4.78 is 9.20. The molecule has 2 aromatic heterocycles. The van der Waals surface area contributed by atoms with E-state index < -0.39 is 0 Å². The quantitative estimate of drug-likeness (QED) is 0.176. The molecule has 11 rings (SSSR count). The Kier molecular flexibility index (Phi) is 7.16. The molecule has 1 unspecified atom stereocenters. The molecule has 2 nitrogen and oxygen atoms in total. The van der Waals surface area contributed by atoms with Gasteiger partial charge in [0.1, 0.15) is 11.2 Å². The predicted octanol–water partition coefficient (Wildman–Crippen LogP) is 14.2. The van der Waals surface area contributed by atoms with E-state index in [1.165, 1.54) is 77.3 Å². The fourth-order valence-corrected chi connectivity index (χ4v) is 9.00. The van der Waals surface area contributed by atoms with Gasteiger partial charge in [-0.15, -0.1) is 0 Å². The maximum absolute atomic E-state index is 6.78. The first kappa shape index (κ1) is 30.9. The Hall–Kier alpha value is -6.64. The van der Waals surface area contributed by atoms with Crippen molar-refractivity contribution in [3.8, 4) is 39.1 Å². The van der Waals surface area contributed by atoms with Crippen molar-refractivity contribution < 1.29 is 4.42 Å². The van der Waals surface area contributed by atoms with Gasteiger partial charge in [-0.25, -0.2) is 0 Å². The van der Waals surface area contributed by atoms with Crippen molar-refractivity contribution in [1.29, 1.82) is 0 Å². The van der Waals surface area contributed by atoms with Crippen LogP contribution in [0.25, 0.3) is 88.9 Å². The molecule has 0 N–H and O–H groups in total. The van der Waals surface area contributed by atoms with Crippen LogP contribution in [0.15, 0.2) is 180 Å². The number of fused-ring (bicyclic) bond motifs is 7. The van der Waals surface area contributed by atoms with Gasteiger partial charge >= 0.3 is 0 Å². The number of aromatic nitrogens is 1. The third-order valence-electron chi connectivity index (χ3n) is 11.6. The second-order valence-corrected chi connectivity index (χ2v) is 14.7. The number of hydrogen-bond donors (Lipinski definition) is 0. The van der Waals surface area contributed by atoms with E-state index in [0.29, 0.717) is 5.92 Å². The van der Waals surface area contributed by atoms with Gasteiger partial charge in [0.15, 0.2) is 0 Å². The van der Waals surface area contributed by atoms with E-state index >= 15 is 0 Å². The molecule has 0 bridgehead atoms. The molecule has 0 radical (unpaired) electrons. The van der Waals surface area contributed by atoms with Crippen LogP contribution in [0.5, 0.6) is 0 Å². The summed E-state index contributed by atoms with van der Waals surface area (Å²) in [7, 11) is 0. The van der Waals surface area contributed by atoms with Crippen LogP contribution in [-0.4, -0.2) is 4.57 Å². The first-order valence-corrected chi connectivity index (χ1v) is 19.1. The van der Waals surface area contributed by atoms with Crippen LogP contribution in [0.3, 0.4) is 0 Å². The molecule has 9 aromatic rings. The lowest BCUT2D eigenvalue weighted by molar-refractivity contribution is 0.668. The first-order chi connectivity index (χ1) is 26.8. The average Bonchev–Trinajstić information content (AvgIpc) is 3.78. The van der Waals surface area contributed by atoms with Crippen molar-refractivity contribution in [2.45, 2.75) is 25.2 Å². The van der Waals surface area contributed by atoms with Gasteiger partial charge in [-0.05, 0) is 106 Å². The number of furan rings is 1. The Morgan fingerprint density at radius 1 is 0.537 bits per heavy atom. The van der Waals surface area contributed by atoms with Crippen LogP contribution in [-0.2, 0) is 6.42 Å². The third kappa shape index (κ3) is 5.02. The standard InChI is InChI=1S/C52H37NO/c1-4-13-34(14-5-1)37-23-26-44-45-27-24-38(35-15-6-2-7-16-35)32-49(45)53(48(44)31-37)41-25-28-46-51(33-41)54-50-22-12-21-43(52(46)50)40-29-39-19-10-11-20-42(39)47(30-40)36-17-8-3-9-18-36/h1-10,12-17,19,21-33,36H,11,18,20H2. The minimum Gasteiger partial charge on any atom is -0.456 e. The van der Waals surface area contributed by atoms with Crippen LogP contribution >= 0.6 is 0 Å². The van der Waals surface area contributed by atoms with E-state index in [-0.39, 0.29) is 0 Å². The van der Waals surface area contributed by atoms with E-state index in [1.807, 2.05) is 0 Å². The molecule has 256 valence electrons. The summed E-state index contributed by atoms with van der Waals surface area (Å²) in [5.74, 6) is 0.397. The van der Waals surface area contributed by atoms with Gasteiger partial charge in [-0.2, -0.15) is 0 Å². The smallest absolute Gasteiger partial charge is 0.137 e. The van der Waals surface area contributed by atoms with Crippen molar-refractivity contribution in [1.82, 2.24) is 4.57 Å². The molecule has 2 aliphatic carbocycles. The molecule has 0 aliphatic heterocycles. The number of allylic oxidation sites excluding steroid dienone is 5. The second-order valence-electron chi connectivity index (χ2n) is 14.7. The van der Waals surface area contributed by atoms with Crippen molar-refractivity contribution in [3.05, 3.63) is 193 Å². The molecule has 2 heterocycles. The largest absolute Gasteiger partial charge is 0.456 e. The predicted molar refractivity (Wildman–Crippen MR) is 227 cm³/mol. The maximum atomic E-state index is 6.78. The lowest BCUT2D eigenvalue weighted by atomic mass is 9.81. The molecule has 2 heteroatoms. The van der Waals surface area contributed by atoms with Crippen LogP contribution in [0.1, 0.15) is 35.4 Å². The fraction of sp³-hybridized carbons (Fsp3) is 0.0769. The van der Waals surface area contributed by atoms with Crippen molar-refractivity contribution in [2.75, 3.05) is 0 Å². The summed E-state index contributed by atoms with van der Waals surface area (Å²) in [6.45, 7) is 0. The minimum absolute atomic E-state index is 0.397. The molecule has 54 heavy (non-hydrogen) atoms. The molecule has 0 fully saturated rings. The Bertz CT molecular complexity index is 2910. The Morgan fingerprint density at radius 2 is 1.26 bits per heavy atom. The van der Waals surface area contributed by atoms with E-state index in [4.69, 9.17) is 4.42 Å². The summed E-state index contributed by atoms with van der Waals surface area (Å²) in [5, 5.41) is 4.77. The zero-order valence-electron chi connectivity index (χ0n) is 29.9. The number of benzene rings is 7. The van der Waals surface area contributed by atoms with Crippen LogP contribution < -0.4 is 0 Å². The minimum atomic E-state index is 0.397. The topological polar surface area (TPSA) is 18.1 Å². The highest BCUT2D eigenvalue weighted by molar-refractivity contribution is 6.14. The zero-order chi connectivity index (χ0) is 35.6. The van der Waals surface area contributed by atoms with Crippen molar-refractivity contribution in [3.63, 3.8) is 0 Å². The van der Waals surface area contributed by atoms with Crippen molar-refractivity contribution >= 4 is 49.8 Å². The number of hydrogen-bond acceptors (Lipinski definition) is 1. The highest BCUT2D eigenvalue weighted by Crippen LogP contribution is 2.43. The summed E-state index contributed by atoms with van der Waals surface area (Å²) in [4.78, 5) is 0. The second kappa shape index (κ2) is 12.5. The lowest BCUT2D eigenvalue weighted by Crippen LogP contribution is -2.06. The average molecular weight is 692 g/mol. The summed E-state index contributed by atoms with van der Waals surface area (Å²) in [6.07, 6.45) is 16.9. The maximum Gasteiger partial charge on any atom is 0.137 e. The van der Waals surface area contributed by atoms with Gasteiger partial charge in [-0.3, -0.25) is 0 Å². The van der Waals surface area contributed by atoms with Crippen LogP contribution in [0, 0.1) is 0 Å². The molecule has 2 aliphatic rings. The molecule has 0 saturated heterocycles. The summed E-state index contributed by atoms with van der Waals surface area (Å²) in [5.41, 5.74) is 16.8. The SMILES string of the molecule is C1=CCC(c2cc(-c3cccc4oc5cc(-n6c7cc(-c8ccccc8)ccc7c7ccc(-c8ccccc8)cc76)ccc5c34)cc3c2CCC=C3)C=C1. The molecule has 0 saturated carbocycles. The zero-order valence-corrected chi connectivity index (χ0v) is 29.9. The molecule has 1 atom stereocenters. The summed E-state index contributed by atoms with van der Waals surface area (Å²) >= 11 is 0. The lowest BCUT2D eigenvalue weighted by Gasteiger charge is -2.23. The fourth-order valence-electron chi connectivity index (χ4n) is 9.00. The van der Waals surface area contributed by atoms with Gasteiger partial charge in [0, 0.05) is 39.2 Å². The highest BCUT2D eigenvalue weighted by atomic mass is 16.3. The van der Waals surface area contributed by atoms with Crippen LogP contribution in [0.2, 0.25) is 0 Å². The number of rotatable bonds is 5. The molecule has 7 aromatic carbocycles. The molecule has 0 amide bonds. The number of nitrogens with zero attached hydrogens (tertiary/aromatic N) is 1.